The maximum absolute atomic E-state index is 13.5. The molecule has 0 bridgehead atoms. The molecule has 0 saturated heterocycles. The molecule has 0 aliphatic carbocycles. The molecule has 0 heterocycles. The van der Waals surface area contributed by atoms with E-state index in [-0.39, 0.29) is 10.5 Å². The Hall–Kier alpha value is -2.50. The standard InChI is InChI=1S/C14H7FN2OS/c15-13-5-2-6-14(12(13)9-17)19(18)11-4-1-3-10(7-11)8-16/h1-7H. The summed E-state index contributed by atoms with van der Waals surface area (Å²) in [4.78, 5) is 0.471. The van der Waals surface area contributed by atoms with Gasteiger partial charge in [0.05, 0.1) is 27.3 Å². The molecule has 92 valence electrons. The normalized spacial score (nSPS) is 11.3. The Morgan fingerprint density at radius 2 is 1.79 bits per heavy atom. The summed E-state index contributed by atoms with van der Waals surface area (Å²) in [5.41, 5.74) is 0.129. The van der Waals surface area contributed by atoms with Crippen molar-refractivity contribution in [2.75, 3.05) is 0 Å². The van der Waals surface area contributed by atoms with E-state index in [1.165, 1.54) is 18.2 Å². The number of nitrogens with zero attached hydrogens (tertiary/aromatic N) is 2. The number of nitriles is 2. The van der Waals surface area contributed by atoms with E-state index in [1.54, 1.807) is 24.3 Å². The molecule has 0 saturated carbocycles. The molecule has 1 atom stereocenters. The second-order valence-corrected chi connectivity index (χ2v) is 5.08. The lowest BCUT2D eigenvalue weighted by Gasteiger charge is -2.05. The molecule has 3 nitrogen and oxygen atoms in total. The Bertz CT molecular complexity index is 744. The van der Waals surface area contributed by atoms with Gasteiger partial charge < -0.3 is 0 Å². The second kappa shape index (κ2) is 5.43. The van der Waals surface area contributed by atoms with Crippen LogP contribution < -0.4 is 0 Å². The van der Waals surface area contributed by atoms with Crippen LogP contribution in [-0.4, -0.2) is 4.21 Å². The van der Waals surface area contributed by atoms with Gasteiger partial charge in [-0.25, -0.2) is 8.60 Å². The Balaban J connectivity index is 2.54. The highest BCUT2D eigenvalue weighted by molar-refractivity contribution is 7.85. The van der Waals surface area contributed by atoms with Crippen LogP contribution in [0.4, 0.5) is 4.39 Å². The van der Waals surface area contributed by atoms with E-state index in [9.17, 15) is 8.60 Å². The smallest absolute Gasteiger partial charge is 0.142 e. The highest BCUT2D eigenvalue weighted by Gasteiger charge is 2.15. The lowest BCUT2D eigenvalue weighted by Crippen LogP contribution is -1.99. The molecule has 0 amide bonds. The Kier molecular flexibility index (Phi) is 3.70. The average Bonchev–Trinajstić information content (AvgIpc) is 2.46. The summed E-state index contributed by atoms with van der Waals surface area (Å²) in [6, 6.07) is 13.8. The van der Waals surface area contributed by atoms with Crippen molar-refractivity contribution in [2.45, 2.75) is 9.79 Å². The van der Waals surface area contributed by atoms with Gasteiger partial charge in [0.25, 0.3) is 0 Å². The van der Waals surface area contributed by atoms with Crippen molar-refractivity contribution >= 4 is 10.8 Å². The van der Waals surface area contributed by atoms with Crippen LogP contribution in [0.3, 0.4) is 0 Å². The quantitative estimate of drug-likeness (QED) is 0.842. The lowest BCUT2D eigenvalue weighted by molar-refractivity contribution is 0.618. The van der Waals surface area contributed by atoms with Crippen LogP contribution in [-0.2, 0) is 10.8 Å². The molecule has 2 aromatic carbocycles. The van der Waals surface area contributed by atoms with Gasteiger partial charge >= 0.3 is 0 Å². The van der Waals surface area contributed by atoms with Gasteiger partial charge in [-0.1, -0.05) is 12.1 Å². The van der Waals surface area contributed by atoms with E-state index < -0.39 is 16.6 Å². The van der Waals surface area contributed by atoms with Crippen LogP contribution in [0.2, 0.25) is 0 Å². The SMILES string of the molecule is N#Cc1cccc(S(=O)c2cccc(F)c2C#N)c1. The van der Waals surface area contributed by atoms with Crippen molar-refractivity contribution in [3.05, 3.63) is 59.4 Å². The molecule has 2 rings (SSSR count). The number of hydrogen-bond acceptors (Lipinski definition) is 3. The summed E-state index contributed by atoms with van der Waals surface area (Å²) >= 11 is 0. The van der Waals surface area contributed by atoms with E-state index in [1.807, 2.05) is 6.07 Å². The first-order chi connectivity index (χ1) is 9.17. The third kappa shape index (κ3) is 2.52. The third-order valence-corrected chi connectivity index (χ3v) is 3.89. The fraction of sp³-hybridized carbons (Fsp3) is 0. The molecule has 0 N–H and O–H groups in total. The first-order valence-corrected chi connectivity index (χ1v) is 6.43. The summed E-state index contributed by atoms with van der Waals surface area (Å²) in [5, 5.41) is 17.7. The molecule has 1 unspecified atom stereocenters. The van der Waals surface area contributed by atoms with Gasteiger partial charge in [-0.3, -0.25) is 0 Å². The number of benzene rings is 2. The average molecular weight is 270 g/mol. The minimum absolute atomic E-state index is 0.109. The molecule has 0 radical (unpaired) electrons. The maximum atomic E-state index is 13.5. The van der Waals surface area contributed by atoms with Gasteiger partial charge in [0, 0.05) is 4.90 Å². The number of rotatable bonds is 2. The van der Waals surface area contributed by atoms with Crippen molar-refractivity contribution in [2.24, 2.45) is 0 Å². The Morgan fingerprint density at radius 1 is 1.05 bits per heavy atom. The van der Waals surface area contributed by atoms with Crippen molar-refractivity contribution in [3.63, 3.8) is 0 Å². The zero-order valence-electron chi connectivity index (χ0n) is 9.63. The molecular formula is C14H7FN2OS. The largest absolute Gasteiger partial charge is 0.249 e. The summed E-state index contributed by atoms with van der Waals surface area (Å²) < 4.78 is 25.8. The minimum Gasteiger partial charge on any atom is -0.249 e. The zero-order chi connectivity index (χ0) is 13.8. The summed E-state index contributed by atoms with van der Waals surface area (Å²) in [7, 11) is -1.69. The van der Waals surface area contributed by atoms with Crippen molar-refractivity contribution in [3.8, 4) is 12.1 Å². The first kappa shape index (κ1) is 12.9. The van der Waals surface area contributed by atoms with Crippen LogP contribution in [0.15, 0.2) is 52.3 Å². The second-order valence-electron chi connectivity index (χ2n) is 3.63. The summed E-state index contributed by atoms with van der Waals surface area (Å²) in [5.74, 6) is -0.704. The van der Waals surface area contributed by atoms with E-state index in [2.05, 4.69) is 0 Å². The number of hydrogen-bond donors (Lipinski definition) is 0. The van der Waals surface area contributed by atoms with Crippen LogP contribution in [0, 0.1) is 28.5 Å². The molecule has 0 aliphatic heterocycles. The molecular weight excluding hydrogens is 263 g/mol. The van der Waals surface area contributed by atoms with Crippen LogP contribution in [0.5, 0.6) is 0 Å². The van der Waals surface area contributed by atoms with E-state index >= 15 is 0 Å². The molecule has 19 heavy (non-hydrogen) atoms. The van der Waals surface area contributed by atoms with Gasteiger partial charge in [0.1, 0.15) is 17.4 Å². The predicted octanol–water partition coefficient (Wildman–Crippen LogP) is 2.74. The van der Waals surface area contributed by atoms with E-state index in [0.717, 1.165) is 6.07 Å². The van der Waals surface area contributed by atoms with Crippen molar-refractivity contribution < 1.29 is 8.60 Å². The molecule has 2 aromatic rings. The zero-order valence-corrected chi connectivity index (χ0v) is 10.4. The first-order valence-electron chi connectivity index (χ1n) is 5.28. The maximum Gasteiger partial charge on any atom is 0.142 e. The monoisotopic (exact) mass is 270 g/mol. The Morgan fingerprint density at radius 3 is 2.47 bits per heavy atom. The molecule has 5 heteroatoms. The summed E-state index contributed by atoms with van der Waals surface area (Å²) in [6.45, 7) is 0. The highest BCUT2D eigenvalue weighted by atomic mass is 32.2. The van der Waals surface area contributed by atoms with Crippen molar-refractivity contribution in [1.82, 2.24) is 0 Å². The van der Waals surface area contributed by atoms with E-state index in [4.69, 9.17) is 10.5 Å². The molecule has 0 aliphatic rings. The van der Waals surface area contributed by atoms with Gasteiger partial charge in [0.2, 0.25) is 0 Å². The van der Waals surface area contributed by atoms with E-state index in [0.29, 0.717) is 10.5 Å². The molecule has 0 fully saturated rings. The predicted molar refractivity (Wildman–Crippen MR) is 66.9 cm³/mol. The third-order valence-electron chi connectivity index (χ3n) is 2.46. The van der Waals surface area contributed by atoms with Crippen LogP contribution in [0.25, 0.3) is 0 Å². The molecule has 0 aromatic heterocycles. The Labute approximate surface area is 112 Å². The van der Waals surface area contributed by atoms with Gasteiger partial charge in [0.15, 0.2) is 0 Å². The van der Waals surface area contributed by atoms with Gasteiger partial charge in [-0.05, 0) is 30.3 Å². The lowest BCUT2D eigenvalue weighted by atomic mass is 10.2. The topological polar surface area (TPSA) is 64.7 Å². The fourth-order valence-corrected chi connectivity index (χ4v) is 2.80. The fourth-order valence-electron chi connectivity index (χ4n) is 1.58. The summed E-state index contributed by atoms with van der Waals surface area (Å²) in [6.07, 6.45) is 0. The highest BCUT2D eigenvalue weighted by Crippen LogP contribution is 2.22. The minimum atomic E-state index is -1.69. The molecule has 0 spiro atoms. The van der Waals surface area contributed by atoms with Gasteiger partial charge in [-0.15, -0.1) is 0 Å². The van der Waals surface area contributed by atoms with Crippen molar-refractivity contribution in [1.29, 1.82) is 10.5 Å². The van der Waals surface area contributed by atoms with Crippen LogP contribution >= 0.6 is 0 Å². The van der Waals surface area contributed by atoms with Crippen LogP contribution in [0.1, 0.15) is 11.1 Å². The number of halogens is 1. The van der Waals surface area contributed by atoms with Gasteiger partial charge in [-0.2, -0.15) is 10.5 Å².